The van der Waals surface area contributed by atoms with Crippen molar-refractivity contribution >= 4 is 24.0 Å². The number of carbonyl (C=O) groups is 4. The van der Waals surface area contributed by atoms with Gasteiger partial charge in [0.2, 0.25) is 0 Å². The molecule has 0 aliphatic carbocycles. The lowest BCUT2D eigenvalue weighted by molar-refractivity contribution is -0.138. The number of aliphatic hydroxyl groups excluding tert-OH is 1. The van der Waals surface area contributed by atoms with Crippen molar-refractivity contribution in [3.05, 3.63) is 89.5 Å². The molecule has 0 radical (unpaired) electrons. The maximum Gasteiger partial charge on any atom is 0.409 e. The van der Waals surface area contributed by atoms with Crippen molar-refractivity contribution in [2.75, 3.05) is 13.6 Å². The van der Waals surface area contributed by atoms with Crippen LogP contribution in [-0.4, -0.2) is 47.6 Å². The molecule has 3 aromatic carbocycles. The molecule has 0 aliphatic rings. The molecule has 1 N–H and O–H groups in total. The number of carbonyl (C=O) groups excluding carboxylic acids is 4. The van der Waals surface area contributed by atoms with Gasteiger partial charge in [0.1, 0.15) is 12.4 Å². The Morgan fingerprint density at radius 3 is 2.00 bits per heavy atom. The summed E-state index contributed by atoms with van der Waals surface area (Å²) in [5.41, 5.74) is 1.31. The van der Waals surface area contributed by atoms with Gasteiger partial charge in [-0.2, -0.15) is 0 Å². The number of rotatable bonds is 11. The van der Waals surface area contributed by atoms with Gasteiger partial charge in [-0.25, -0.2) is 9.59 Å². The SMILES string of the molecule is CC(C)C(=O)Oc1ccc(C(=O)Oc2ccc(C(O)CN(C)C(=O)OCc3ccccc3)cc2OC(=O)C(C)C)cc1. The minimum Gasteiger partial charge on any atom is -0.445 e. The van der Waals surface area contributed by atoms with Crippen molar-refractivity contribution in [1.82, 2.24) is 4.90 Å². The molecule has 3 rings (SSSR count). The molecule has 1 unspecified atom stereocenters. The monoisotopic (exact) mass is 577 g/mol. The van der Waals surface area contributed by atoms with E-state index in [1.165, 1.54) is 54.4 Å². The van der Waals surface area contributed by atoms with Crippen molar-refractivity contribution in [1.29, 1.82) is 0 Å². The van der Waals surface area contributed by atoms with Gasteiger partial charge in [-0.15, -0.1) is 0 Å². The van der Waals surface area contributed by atoms with Crippen LogP contribution in [0.5, 0.6) is 17.2 Å². The summed E-state index contributed by atoms with van der Waals surface area (Å²) in [5, 5.41) is 10.8. The molecule has 0 saturated carbocycles. The Bertz CT molecular complexity index is 1380. The number of esters is 3. The van der Waals surface area contributed by atoms with Gasteiger partial charge in [0.05, 0.1) is 30.0 Å². The highest BCUT2D eigenvalue weighted by atomic mass is 16.6. The highest BCUT2D eigenvalue weighted by Crippen LogP contribution is 2.32. The molecular formula is C32H35NO9. The summed E-state index contributed by atoms with van der Waals surface area (Å²) in [7, 11) is 1.49. The van der Waals surface area contributed by atoms with Gasteiger partial charge in [0.15, 0.2) is 11.5 Å². The fraction of sp³-hybridized carbons (Fsp3) is 0.312. The molecule has 3 aromatic rings. The largest absolute Gasteiger partial charge is 0.445 e. The van der Waals surface area contributed by atoms with E-state index in [4.69, 9.17) is 18.9 Å². The van der Waals surface area contributed by atoms with Gasteiger partial charge >= 0.3 is 24.0 Å². The van der Waals surface area contributed by atoms with E-state index in [1.54, 1.807) is 27.7 Å². The third-order valence-electron chi connectivity index (χ3n) is 5.98. The average Bonchev–Trinajstić information content (AvgIpc) is 2.97. The summed E-state index contributed by atoms with van der Waals surface area (Å²) in [5.74, 6) is -2.34. The Kier molecular flexibility index (Phi) is 11.2. The molecule has 222 valence electrons. The predicted molar refractivity (Wildman–Crippen MR) is 153 cm³/mol. The van der Waals surface area contributed by atoms with Gasteiger partial charge in [0, 0.05) is 7.05 Å². The Morgan fingerprint density at radius 1 is 0.762 bits per heavy atom. The first kappa shape index (κ1) is 31.8. The number of aliphatic hydroxyl groups is 1. The molecule has 1 atom stereocenters. The average molecular weight is 578 g/mol. The van der Waals surface area contributed by atoms with Gasteiger partial charge in [0.25, 0.3) is 0 Å². The standard InChI is InChI=1S/C32H35NO9/c1-20(2)29(35)40-25-14-11-23(12-15-25)31(37)41-27-16-13-24(17-28(27)42-30(36)21(3)4)26(34)18-33(5)32(38)39-19-22-9-7-6-8-10-22/h6-17,20-21,26,34H,18-19H2,1-5H3. The second kappa shape index (κ2) is 14.8. The molecule has 0 fully saturated rings. The number of hydrogen-bond acceptors (Lipinski definition) is 9. The molecule has 0 heterocycles. The number of benzene rings is 3. The van der Waals surface area contributed by atoms with Crippen molar-refractivity contribution in [3.8, 4) is 17.2 Å². The second-order valence-corrected chi connectivity index (χ2v) is 10.2. The number of hydrogen-bond donors (Lipinski definition) is 1. The van der Waals surface area contributed by atoms with Crippen LogP contribution in [0.1, 0.15) is 55.3 Å². The summed E-state index contributed by atoms with van der Waals surface area (Å²) >= 11 is 0. The minimum absolute atomic E-state index is 0.0455. The first-order valence-corrected chi connectivity index (χ1v) is 13.4. The molecular weight excluding hydrogens is 542 g/mol. The van der Waals surface area contributed by atoms with Gasteiger partial charge in [-0.1, -0.05) is 64.1 Å². The fourth-order valence-corrected chi connectivity index (χ4v) is 3.44. The maximum atomic E-state index is 12.9. The van der Waals surface area contributed by atoms with E-state index in [-0.39, 0.29) is 41.9 Å². The third kappa shape index (κ3) is 9.17. The molecule has 10 heteroatoms. The van der Waals surface area contributed by atoms with Crippen molar-refractivity contribution in [2.24, 2.45) is 11.8 Å². The normalized spacial score (nSPS) is 11.5. The van der Waals surface area contributed by atoms with Crippen LogP contribution in [0.2, 0.25) is 0 Å². The molecule has 0 bridgehead atoms. The van der Waals surface area contributed by atoms with Crippen LogP contribution in [0.4, 0.5) is 4.79 Å². The van der Waals surface area contributed by atoms with Crippen molar-refractivity contribution in [2.45, 2.75) is 40.4 Å². The quantitative estimate of drug-likeness (QED) is 0.237. The van der Waals surface area contributed by atoms with Crippen molar-refractivity contribution < 1.29 is 43.2 Å². The van der Waals surface area contributed by atoms with Crippen LogP contribution in [0.3, 0.4) is 0 Å². The predicted octanol–water partition coefficient (Wildman–Crippen LogP) is 5.33. The first-order chi connectivity index (χ1) is 19.9. The minimum atomic E-state index is -1.17. The number of ether oxygens (including phenoxy) is 4. The van der Waals surface area contributed by atoms with E-state index in [0.717, 1.165) is 5.56 Å². The van der Waals surface area contributed by atoms with E-state index in [0.29, 0.717) is 5.56 Å². The summed E-state index contributed by atoms with van der Waals surface area (Å²) in [6, 6.07) is 19.3. The highest BCUT2D eigenvalue weighted by molar-refractivity contribution is 5.91. The van der Waals surface area contributed by atoms with E-state index >= 15 is 0 Å². The first-order valence-electron chi connectivity index (χ1n) is 13.4. The maximum absolute atomic E-state index is 12.9. The summed E-state index contributed by atoms with van der Waals surface area (Å²) in [6.45, 7) is 6.69. The van der Waals surface area contributed by atoms with Crippen LogP contribution >= 0.6 is 0 Å². The summed E-state index contributed by atoms with van der Waals surface area (Å²) in [6.07, 6.45) is -1.79. The zero-order chi connectivity index (χ0) is 30.8. The lowest BCUT2D eigenvalue weighted by atomic mass is 10.1. The van der Waals surface area contributed by atoms with Crippen LogP contribution in [0.15, 0.2) is 72.8 Å². The van der Waals surface area contributed by atoms with E-state index in [9.17, 15) is 24.3 Å². The number of likely N-dealkylation sites (N-methyl/N-ethyl adjacent to an activating group) is 1. The Hall–Kier alpha value is -4.70. The Labute approximate surface area is 244 Å². The van der Waals surface area contributed by atoms with Crippen molar-refractivity contribution in [3.63, 3.8) is 0 Å². The van der Waals surface area contributed by atoms with Crippen LogP contribution in [0, 0.1) is 11.8 Å². The summed E-state index contributed by atoms with van der Waals surface area (Å²) in [4.78, 5) is 50.7. The molecule has 0 aromatic heterocycles. The zero-order valence-electron chi connectivity index (χ0n) is 24.2. The molecule has 0 spiro atoms. The van der Waals surface area contributed by atoms with Crippen LogP contribution in [0.25, 0.3) is 0 Å². The van der Waals surface area contributed by atoms with E-state index in [2.05, 4.69) is 0 Å². The topological polar surface area (TPSA) is 129 Å². The second-order valence-electron chi connectivity index (χ2n) is 10.2. The van der Waals surface area contributed by atoms with Crippen LogP contribution in [-0.2, 0) is 20.9 Å². The van der Waals surface area contributed by atoms with E-state index < -0.39 is 36.0 Å². The smallest absolute Gasteiger partial charge is 0.409 e. The summed E-state index contributed by atoms with van der Waals surface area (Å²) < 4.78 is 21.5. The molecule has 10 nitrogen and oxygen atoms in total. The lowest BCUT2D eigenvalue weighted by Gasteiger charge is -2.21. The molecule has 42 heavy (non-hydrogen) atoms. The molecule has 1 amide bonds. The third-order valence-corrected chi connectivity index (χ3v) is 5.98. The lowest BCUT2D eigenvalue weighted by Crippen LogP contribution is -2.31. The molecule has 0 saturated heterocycles. The van der Waals surface area contributed by atoms with Gasteiger partial charge < -0.3 is 29.0 Å². The number of nitrogens with zero attached hydrogens (tertiary/aromatic N) is 1. The Balaban J connectivity index is 1.71. The zero-order valence-corrected chi connectivity index (χ0v) is 24.2. The van der Waals surface area contributed by atoms with E-state index in [1.807, 2.05) is 30.3 Å². The van der Waals surface area contributed by atoms with Crippen LogP contribution < -0.4 is 14.2 Å². The van der Waals surface area contributed by atoms with Gasteiger partial charge in [-0.05, 0) is 47.5 Å². The molecule has 0 aliphatic heterocycles. The fourth-order valence-electron chi connectivity index (χ4n) is 3.44. The number of amides is 1. The Morgan fingerprint density at radius 2 is 1.38 bits per heavy atom. The van der Waals surface area contributed by atoms with Gasteiger partial charge in [-0.3, -0.25) is 9.59 Å². The highest BCUT2D eigenvalue weighted by Gasteiger charge is 2.22.